The molecule has 0 radical (unpaired) electrons. The molecule has 78 valence electrons. The van der Waals surface area contributed by atoms with Crippen LogP contribution < -0.4 is 5.32 Å². The first kappa shape index (κ1) is 9.83. The van der Waals surface area contributed by atoms with Crippen molar-refractivity contribution < 1.29 is 4.79 Å². The molecule has 2 aliphatic heterocycles. The lowest BCUT2D eigenvalue weighted by Gasteiger charge is -2.22. The Morgan fingerprint density at radius 1 is 1.64 bits per heavy atom. The third-order valence-corrected chi connectivity index (χ3v) is 3.63. The van der Waals surface area contributed by atoms with E-state index in [0.29, 0.717) is 5.92 Å². The van der Waals surface area contributed by atoms with Crippen LogP contribution in [0.25, 0.3) is 0 Å². The van der Waals surface area contributed by atoms with Crippen LogP contribution in [-0.2, 0) is 0 Å². The molecule has 2 fully saturated rings. The molecule has 2 rings (SSSR count). The number of nitrogens with one attached hydrogen (secondary N) is 1. The van der Waals surface area contributed by atoms with Gasteiger partial charge in [-0.05, 0) is 18.6 Å². The molecule has 0 aromatic carbocycles. The molecule has 0 aromatic rings. The Morgan fingerprint density at radius 2 is 2.57 bits per heavy atom. The van der Waals surface area contributed by atoms with E-state index in [1.807, 2.05) is 18.0 Å². The predicted octanol–water partition coefficient (Wildman–Crippen LogP) is 1.14. The minimum atomic E-state index is -0.0573. The van der Waals surface area contributed by atoms with Crippen LogP contribution in [0.3, 0.4) is 0 Å². The van der Waals surface area contributed by atoms with Crippen molar-refractivity contribution in [1.29, 1.82) is 0 Å². The molecule has 0 saturated carbocycles. The average Bonchev–Trinajstić information content (AvgIpc) is 2.69. The van der Waals surface area contributed by atoms with E-state index in [4.69, 9.17) is 0 Å². The van der Waals surface area contributed by atoms with Gasteiger partial charge in [0, 0.05) is 31.0 Å². The highest BCUT2D eigenvalue weighted by Crippen LogP contribution is 2.21. The maximum Gasteiger partial charge on any atom is 0.337 e. The van der Waals surface area contributed by atoms with Crippen LogP contribution in [0, 0.1) is 5.92 Å². The Kier molecular flexibility index (Phi) is 3.29. The van der Waals surface area contributed by atoms with Crippen molar-refractivity contribution >= 4 is 24.0 Å². The molecule has 2 heterocycles. The quantitative estimate of drug-likeness (QED) is 0.699. The van der Waals surface area contributed by atoms with Gasteiger partial charge in [0.25, 0.3) is 0 Å². The molecule has 0 aliphatic carbocycles. The van der Waals surface area contributed by atoms with Crippen LogP contribution in [0.1, 0.15) is 12.8 Å². The number of carbonyl (C=O) groups excluding carboxylic acids is 1. The molecule has 4 nitrogen and oxygen atoms in total. The normalized spacial score (nSPS) is 28.4. The summed E-state index contributed by atoms with van der Waals surface area (Å²) in [5, 5.41) is 8.54. The van der Waals surface area contributed by atoms with Crippen molar-refractivity contribution in [3.05, 3.63) is 0 Å². The minimum Gasteiger partial charge on any atom is -0.336 e. The van der Waals surface area contributed by atoms with E-state index in [1.165, 1.54) is 17.2 Å². The second-order valence-corrected chi connectivity index (χ2v) is 4.75. The number of thioether (sulfide) groups is 1. The topological polar surface area (TPSA) is 44.7 Å². The van der Waals surface area contributed by atoms with E-state index in [-0.39, 0.29) is 6.03 Å². The smallest absolute Gasteiger partial charge is 0.336 e. The van der Waals surface area contributed by atoms with Gasteiger partial charge in [-0.3, -0.25) is 0 Å². The zero-order valence-electron chi connectivity index (χ0n) is 8.11. The number of carbonyl (C=O) groups is 1. The van der Waals surface area contributed by atoms with Gasteiger partial charge < -0.3 is 5.32 Å². The molecule has 5 heteroatoms. The maximum absolute atomic E-state index is 11.3. The van der Waals surface area contributed by atoms with Gasteiger partial charge >= 0.3 is 6.03 Å². The lowest BCUT2D eigenvalue weighted by molar-refractivity contribution is 0.189. The highest BCUT2D eigenvalue weighted by atomic mass is 32.2. The third kappa shape index (κ3) is 2.41. The molecule has 14 heavy (non-hydrogen) atoms. The van der Waals surface area contributed by atoms with Gasteiger partial charge in [-0.2, -0.15) is 16.9 Å². The second-order valence-electron chi connectivity index (χ2n) is 3.60. The standard InChI is InChI=1S/C9H15N3OS/c13-9-10-3-1-4-12(9)11-6-8-2-5-14-7-8/h6,8H,1-5,7H2,(H,10,13)/b11-6+. The van der Waals surface area contributed by atoms with Crippen LogP contribution in [0.15, 0.2) is 5.10 Å². The van der Waals surface area contributed by atoms with E-state index in [1.54, 1.807) is 0 Å². The van der Waals surface area contributed by atoms with E-state index < -0.39 is 0 Å². The first-order valence-electron chi connectivity index (χ1n) is 5.03. The number of amides is 2. The zero-order valence-corrected chi connectivity index (χ0v) is 8.92. The zero-order chi connectivity index (χ0) is 9.80. The Bertz CT molecular complexity index is 238. The molecule has 0 aromatic heterocycles. The summed E-state index contributed by atoms with van der Waals surface area (Å²) >= 11 is 1.96. The van der Waals surface area contributed by atoms with Crippen molar-refractivity contribution in [3.63, 3.8) is 0 Å². The van der Waals surface area contributed by atoms with Crippen molar-refractivity contribution in [1.82, 2.24) is 10.3 Å². The molecule has 1 N–H and O–H groups in total. The predicted molar refractivity (Wildman–Crippen MR) is 58.6 cm³/mol. The van der Waals surface area contributed by atoms with Crippen LogP contribution in [-0.4, -0.2) is 41.8 Å². The van der Waals surface area contributed by atoms with Gasteiger partial charge in [0.2, 0.25) is 0 Å². The Hall–Kier alpha value is -0.710. The first-order valence-corrected chi connectivity index (χ1v) is 6.19. The number of rotatable bonds is 2. The van der Waals surface area contributed by atoms with Crippen LogP contribution in [0.4, 0.5) is 4.79 Å². The van der Waals surface area contributed by atoms with Crippen LogP contribution >= 0.6 is 11.8 Å². The summed E-state index contributed by atoms with van der Waals surface area (Å²) in [5.74, 6) is 2.94. The average molecular weight is 213 g/mol. The van der Waals surface area contributed by atoms with Crippen molar-refractivity contribution in [2.75, 3.05) is 24.6 Å². The number of nitrogens with zero attached hydrogens (tertiary/aromatic N) is 2. The lowest BCUT2D eigenvalue weighted by Crippen LogP contribution is -2.43. The van der Waals surface area contributed by atoms with E-state index in [9.17, 15) is 4.79 Å². The highest BCUT2D eigenvalue weighted by Gasteiger charge is 2.17. The number of hydrogen-bond acceptors (Lipinski definition) is 3. The maximum atomic E-state index is 11.3. The van der Waals surface area contributed by atoms with Crippen LogP contribution in [0.5, 0.6) is 0 Å². The largest absolute Gasteiger partial charge is 0.337 e. The Labute approximate surface area is 88.1 Å². The summed E-state index contributed by atoms with van der Waals surface area (Å²) in [6, 6.07) is -0.0573. The summed E-state index contributed by atoms with van der Waals surface area (Å²) in [7, 11) is 0. The van der Waals surface area contributed by atoms with E-state index in [0.717, 1.165) is 25.3 Å². The minimum absolute atomic E-state index is 0.0573. The SMILES string of the molecule is O=C1NCCCN1/N=C/C1CCSC1. The van der Waals surface area contributed by atoms with Gasteiger partial charge in [-0.1, -0.05) is 0 Å². The van der Waals surface area contributed by atoms with E-state index in [2.05, 4.69) is 10.4 Å². The fourth-order valence-electron chi connectivity index (χ4n) is 1.57. The molecule has 2 aliphatic rings. The molecule has 0 bridgehead atoms. The van der Waals surface area contributed by atoms with Crippen molar-refractivity contribution in [2.24, 2.45) is 11.0 Å². The first-order chi connectivity index (χ1) is 6.86. The number of hydrogen-bond donors (Lipinski definition) is 1. The van der Waals surface area contributed by atoms with Gasteiger partial charge in [0.15, 0.2) is 0 Å². The van der Waals surface area contributed by atoms with Gasteiger partial charge in [-0.15, -0.1) is 0 Å². The summed E-state index contributed by atoms with van der Waals surface area (Å²) in [5.41, 5.74) is 0. The molecular formula is C9H15N3OS. The third-order valence-electron chi connectivity index (χ3n) is 2.44. The highest BCUT2D eigenvalue weighted by molar-refractivity contribution is 7.99. The van der Waals surface area contributed by atoms with Gasteiger partial charge in [-0.25, -0.2) is 9.80 Å². The monoisotopic (exact) mass is 213 g/mol. The summed E-state index contributed by atoms with van der Waals surface area (Å²) in [6.07, 6.45) is 4.12. The van der Waals surface area contributed by atoms with Gasteiger partial charge in [0.05, 0.1) is 0 Å². The molecule has 1 atom stereocenters. The summed E-state index contributed by atoms with van der Waals surface area (Å²) in [6.45, 7) is 1.53. The van der Waals surface area contributed by atoms with E-state index >= 15 is 0 Å². The van der Waals surface area contributed by atoms with Crippen LogP contribution in [0.2, 0.25) is 0 Å². The fourth-order valence-corrected chi connectivity index (χ4v) is 2.76. The summed E-state index contributed by atoms with van der Waals surface area (Å²) < 4.78 is 0. The Balaban J connectivity index is 1.85. The fraction of sp³-hybridized carbons (Fsp3) is 0.778. The number of hydrazone groups is 1. The molecule has 2 amide bonds. The summed E-state index contributed by atoms with van der Waals surface area (Å²) in [4.78, 5) is 11.3. The molecular weight excluding hydrogens is 198 g/mol. The van der Waals surface area contributed by atoms with Gasteiger partial charge in [0.1, 0.15) is 0 Å². The molecule has 1 unspecified atom stereocenters. The number of urea groups is 1. The van der Waals surface area contributed by atoms with Crippen molar-refractivity contribution in [2.45, 2.75) is 12.8 Å². The van der Waals surface area contributed by atoms with Crippen molar-refractivity contribution in [3.8, 4) is 0 Å². The lowest BCUT2D eigenvalue weighted by atomic mass is 10.1. The Morgan fingerprint density at radius 3 is 3.29 bits per heavy atom. The molecule has 0 spiro atoms. The second kappa shape index (κ2) is 4.68. The molecule has 2 saturated heterocycles.